The third kappa shape index (κ3) is 2.91. The van der Waals surface area contributed by atoms with Gasteiger partial charge in [-0.25, -0.2) is 0 Å². The predicted molar refractivity (Wildman–Crippen MR) is 103 cm³/mol. The Morgan fingerprint density at radius 1 is 1.36 bits per heavy atom. The first-order valence-corrected chi connectivity index (χ1v) is 9.72. The van der Waals surface area contributed by atoms with Crippen molar-refractivity contribution >= 4 is 32.8 Å². The molecule has 1 aromatic carbocycles. The third-order valence-electron chi connectivity index (χ3n) is 5.99. The van der Waals surface area contributed by atoms with Gasteiger partial charge in [-0.05, 0) is 42.2 Å². The van der Waals surface area contributed by atoms with Crippen molar-refractivity contribution in [2.24, 2.45) is 10.8 Å². The molecule has 1 aliphatic carbocycles. The summed E-state index contributed by atoms with van der Waals surface area (Å²) in [4.78, 5) is 17.8. The van der Waals surface area contributed by atoms with Gasteiger partial charge in [0.15, 0.2) is 0 Å². The lowest BCUT2D eigenvalue weighted by Crippen LogP contribution is -2.39. The van der Waals surface area contributed by atoms with Gasteiger partial charge in [-0.3, -0.25) is 9.69 Å². The highest BCUT2D eigenvalue weighted by molar-refractivity contribution is 9.10. The van der Waals surface area contributed by atoms with E-state index in [0.717, 1.165) is 40.3 Å². The standard InChI is InChI=1S/C20H25BrN2O2/c1-19(2)7-13-8-20(3,10-19)11-23(13)17(18(24)25)15-9-22-16-6-12(21)4-5-14(15)16/h4-6,9,13,17,22H,7-8,10-11H2,1-3H3,(H,24,25). The fourth-order valence-corrected chi connectivity index (χ4v) is 5.97. The summed E-state index contributed by atoms with van der Waals surface area (Å²) in [7, 11) is 0. The smallest absolute Gasteiger partial charge is 0.325 e. The number of aromatic amines is 1. The number of nitrogens with zero attached hydrogens (tertiary/aromatic N) is 1. The average molecular weight is 405 g/mol. The number of carboxylic acids is 1. The largest absolute Gasteiger partial charge is 0.480 e. The van der Waals surface area contributed by atoms with E-state index >= 15 is 0 Å². The molecule has 25 heavy (non-hydrogen) atoms. The molecular weight excluding hydrogens is 380 g/mol. The zero-order valence-corrected chi connectivity index (χ0v) is 16.6. The number of carbonyl (C=O) groups is 1. The minimum atomic E-state index is -0.752. The maximum atomic E-state index is 12.3. The molecule has 2 N–H and O–H groups in total. The maximum absolute atomic E-state index is 12.3. The average Bonchev–Trinajstić information content (AvgIpc) is 2.97. The summed E-state index contributed by atoms with van der Waals surface area (Å²) >= 11 is 3.48. The van der Waals surface area contributed by atoms with Gasteiger partial charge in [0, 0.05) is 39.7 Å². The van der Waals surface area contributed by atoms with Crippen LogP contribution in [-0.2, 0) is 4.79 Å². The van der Waals surface area contributed by atoms with E-state index in [1.807, 2.05) is 24.4 Å². The molecule has 2 bridgehead atoms. The summed E-state index contributed by atoms with van der Waals surface area (Å²) in [5.41, 5.74) is 2.35. The van der Waals surface area contributed by atoms with E-state index in [4.69, 9.17) is 0 Å². The van der Waals surface area contributed by atoms with Gasteiger partial charge >= 0.3 is 5.97 Å². The van der Waals surface area contributed by atoms with E-state index in [0.29, 0.717) is 6.04 Å². The molecule has 1 aliphatic heterocycles. The second kappa shape index (κ2) is 5.58. The number of H-pyrrole nitrogens is 1. The molecule has 2 fully saturated rings. The Labute approximate surface area is 156 Å². The molecule has 0 radical (unpaired) electrons. The molecule has 1 saturated carbocycles. The fourth-order valence-electron chi connectivity index (χ4n) is 5.61. The van der Waals surface area contributed by atoms with Crippen molar-refractivity contribution in [3.8, 4) is 0 Å². The van der Waals surface area contributed by atoms with Crippen molar-refractivity contribution in [3.05, 3.63) is 34.4 Å². The van der Waals surface area contributed by atoms with Crippen LogP contribution < -0.4 is 0 Å². The molecule has 1 saturated heterocycles. The van der Waals surface area contributed by atoms with Crippen molar-refractivity contribution in [2.75, 3.05) is 6.54 Å². The molecule has 4 nitrogen and oxygen atoms in total. The van der Waals surface area contributed by atoms with Crippen molar-refractivity contribution in [2.45, 2.75) is 52.1 Å². The van der Waals surface area contributed by atoms with Gasteiger partial charge in [0.1, 0.15) is 6.04 Å². The molecule has 3 unspecified atom stereocenters. The van der Waals surface area contributed by atoms with Crippen molar-refractivity contribution < 1.29 is 9.90 Å². The Morgan fingerprint density at radius 3 is 2.84 bits per heavy atom. The molecule has 2 aromatic rings. The molecule has 0 amide bonds. The molecule has 2 heterocycles. The molecule has 2 aliphatic rings. The third-order valence-corrected chi connectivity index (χ3v) is 6.48. The number of rotatable bonds is 3. The second-order valence-electron chi connectivity index (χ2n) is 9.06. The lowest BCUT2D eigenvalue weighted by molar-refractivity contribution is -0.144. The van der Waals surface area contributed by atoms with Crippen LogP contribution in [0.2, 0.25) is 0 Å². The van der Waals surface area contributed by atoms with Crippen LogP contribution in [0.15, 0.2) is 28.9 Å². The number of carboxylic acid groups (broad SMARTS) is 1. The molecule has 134 valence electrons. The van der Waals surface area contributed by atoms with Gasteiger partial charge in [0.05, 0.1) is 0 Å². The first-order valence-electron chi connectivity index (χ1n) is 8.93. The van der Waals surface area contributed by atoms with Crippen molar-refractivity contribution in [3.63, 3.8) is 0 Å². The quantitative estimate of drug-likeness (QED) is 0.759. The summed E-state index contributed by atoms with van der Waals surface area (Å²) in [6.45, 7) is 7.83. The van der Waals surface area contributed by atoms with E-state index in [1.54, 1.807) is 0 Å². The zero-order valence-electron chi connectivity index (χ0n) is 15.0. The zero-order chi connectivity index (χ0) is 18.0. The van der Waals surface area contributed by atoms with Gasteiger partial charge in [-0.1, -0.05) is 42.8 Å². The number of aliphatic carboxylic acids is 1. The number of nitrogens with one attached hydrogen (secondary N) is 1. The summed E-state index contributed by atoms with van der Waals surface area (Å²) < 4.78 is 0.992. The van der Waals surface area contributed by atoms with Crippen molar-refractivity contribution in [1.29, 1.82) is 0 Å². The molecular formula is C20H25BrN2O2. The first-order chi connectivity index (χ1) is 11.7. The number of hydrogen-bond donors (Lipinski definition) is 2. The lowest BCUT2D eigenvalue weighted by Gasteiger charge is -2.40. The summed E-state index contributed by atoms with van der Waals surface area (Å²) in [5.74, 6) is -0.752. The Morgan fingerprint density at radius 2 is 2.12 bits per heavy atom. The number of benzene rings is 1. The monoisotopic (exact) mass is 404 g/mol. The summed E-state index contributed by atoms with van der Waals surface area (Å²) in [6.07, 6.45) is 5.22. The Balaban J connectivity index is 1.76. The van der Waals surface area contributed by atoms with Crippen LogP contribution in [-0.4, -0.2) is 33.5 Å². The van der Waals surface area contributed by atoms with Crippen LogP contribution in [0.3, 0.4) is 0 Å². The maximum Gasteiger partial charge on any atom is 0.325 e. The van der Waals surface area contributed by atoms with Gasteiger partial charge in [-0.15, -0.1) is 0 Å². The number of aromatic nitrogens is 1. The minimum Gasteiger partial charge on any atom is -0.480 e. The van der Waals surface area contributed by atoms with Gasteiger partial charge < -0.3 is 10.1 Å². The predicted octanol–water partition coefficient (Wildman–Crippen LogP) is 4.96. The van der Waals surface area contributed by atoms with Gasteiger partial charge in [0.25, 0.3) is 0 Å². The minimum absolute atomic E-state index is 0.218. The molecule has 4 rings (SSSR count). The van der Waals surface area contributed by atoms with Crippen molar-refractivity contribution in [1.82, 2.24) is 9.88 Å². The molecule has 5 heteroatoms. The van der Waals surface area contributed by atoms with Crippen LogP contribution in [0.4, 0.5) is 0 Å². The van der Waals surface area contributed by atoms with Gasteiger partial charge in [-0.2, -0.15) is 0 Å². The molecule has 0 spiro atoms. The summed E-state index contributed by atoms with van der Waals surface area (Å²) in [5, 5.41) is 11.1. The Kier molecular flexibility index (Phi) is 3.82. The Hall–Kier alpha value is -1.33. The van der Waals surface area contributed by atoms with Gasteiger partial charge in [0.2, 0.25) is 0 Å². The van der Waals surface area contributed by atoms with E-state index in [1.165, 1.54) is 6.42 Å². The van der Waals surface area contributed by atoms with Crippen LogP contribution in [0.5, 0.6) is 0 Å². The number of likely N-dealkylation sites (tertiary alicyclic amines) is 1. The SMILES string of the molecule is CC1(C)CC2CC(C)(CN2C(C(=O)O)c2c[nH]c3cc(Br)ccc23)C1. The van der Waals surface area contributed by atoms with Crippen LogP contribution >= 0.6 is 15.9 Å². The van der Waals surface area contributed by atoms with Crippen LogP contribution in [0, 0.1) is 10.8 Å². The van der Waals surface area contributed by atoms with E-state index < -0.39 is 12.0 Å². The number of hydrogen-bond acceptors (Lipinski definition) is 2. The Bertz CT molecular complexity index is 843. The number of halogens is 1. The van der Waals surface area contributed by atoms with E-state index in [2.05, 4.69) is 46.6 Å². The second-order valence-corrected chi connectivity index (χ2v) is 9.98. The number of fused-ring (bicyclic) bond motifs is 3. The van der Waals surface area contributed by atoms with Crippen LogP contribution in [0.25, 0.3) is 10.9 Å². The first kappa shape index (κ1) is 17.1. The van der Waals surface area contributed by atoms with E-state index in [-0.39, 0.29) is 10.8 Å². The highest BCUT2D eigenvalue weighted by Gasteiger charge is 2.52. The topological polar surface area (TPSA) is 56.3 Å². The summed E-state index contributed by atoms with van der Waals surface area (Å²) in [6, 6.07) is 5.75. The van der Waals surface area contributed by atoms with Crippen LogP contribution in [0.1, 0.15) is 51.6 Å². The molecule has 1 aromatic heterocycles. The lowest BCUT2D eigenvalue weighted by atomic mass is 9.65. The normalized spacial score (nSPS) is 29.8. The highest BCUT2D eigenvalue weighted by atomic mass is 79.9. The fraction of sp³-hybridized carbons (Fsp3) is 0.550. The van der Waals surface area contributed by atoms with E-state index in [9.17, 15) is 9.90 Å². The highest BCUT2D eigenvalue weighted by Crippen LogP contribution is 2.54. The molecule has 3 atom stereocenters.